The summed E-state index contributed by atoms with van der Waals surface area (Å²) in [5.74, 6) is -0.171. The summed E-state index contributed by atoms with van der Waals surface area (Å²) in [6.07, 6.45) is 2.14. The molecule has 31 heavy (non-hydrogen) atoms. The summed E-state index contributed by atoms with van der Waals surface area (Å²) in [4.78, 5) is 36.5. The van der Waals surface area contributed by atoms with Crippen molar-refractivity contribution < 1.29 is 23.5 Å². The normalized spacial score (nSPS) is 11.6. The first-order valence-electron chi connectivity index (χ1n) is 9.94. The van der Waals surface area contributed by atoms with Crippen LogP contribution < -0.4 is 15.4 Å². The largest absolute Gasteiger partial charge is 0.497 e. The third kappa shape index (κ3) is 6.36. The second-order valence-corrected chi connectivity index (χ2v) is 7.09. The highest BCUT2D eigenvalue weighted by molar-refractivity contribution is 5.82. The molecule has 0 spiro atoms. The monoisotopic (exact) mass is 429 g/mol. The molecule has 2 rings (SSSR count). The van der Waals surface area contributed by atoms with Crippen LogP contribution in [0.25, 0.3) is 0 Å². The topological polar surface area (TPSA) is 87.7 Å². The lowest BCUT2D eigenvalue weighted by molar-refractivity contribution is -0.126. The van der Waals surface area contributed by atoms with Gasteiger partial charge < -0.3 is 20.2 Å². The maximum Gasteiger partial charge on any atom is 0.237 e. The Balaban J connectivity index is 2.25. The van der Waals surface area contributed by atoms with E-state index < -0.39 is 11.9 Å². The molecule has 0 radical (unpaired) electrons. The number of methoxy groups -OCH3 is 1. The van der Waals surface area contributed by atoms with Gasteiger partial charge in [-0.05, 0) is 31.2 Å². The summed E-state index contributed by atoms with van der Waals surface area (Å²) in [5.41, 5.74) is 2.27. The molecule has 0 heterocycles. The van der Waals surface area contributed by atoms with Crippen molar-refractivity contribution in [3.05, 3.63) is 58.9 Å². The molecule has 166 valence electrons. The van der Waals surface area contributed by atoms with E-state index in [0.29, 0.717) is 41.1 Å². The molecule has 0 saturated heterocycles. The average Bonchev–Trinajstić information content (AvgIpc) is 2.78. The summed E-state index contributed by atoms with van der Waals surface area (Å²) in [7, 11) is 4.78. The Morgan fingerprint density at radius 1 is 1.26 bits per heavy atom. The van der Waals surface area contributed by atoms with E-state index >= 15 is 0 Å². The van der Waals surface area contributed by atoms with Crippen LogP contribution in [0.15, 0.2) is 36.4 Å². The second kappa shape index (κ2) is 11.8. The molecule has 1 unspecified atom stereocenters. The number of amides is 1. The molecule has 0 aliphatic carbocycles. The molecule has 1 amide bonds. The van der Waals surface area contributed by atoms with E-state index in [4.69, 9.17) is 4.74 Å². The summed E-state index contributed by atoms with van der Waals surface area (Å²) in [5, 5.41) is 5.80. The Morgan fingerprint density at radius 3 is 2.65 bits per heavy atom. The van der Waals surface area contributed by atoms with Crippen LogP contribution in [0.5, 0.6) is 5.75 Å². The van der Waals surface area contributed by atoms with Crippen molar-refractivity contribution in [2.75, 3.05) is 26.5 Å². The Bertz CT molecular complexity index is 920. The van der Waals surface area contributed by atoms with Crippen molar-refractivity contribution in [2.45, 2.75) is 32.0 Å². The van der Waals surface area contributed by atoms with E-state index in [2.05, 4.69) is 10.6 Å². The van der Waals surface area contributed by atoms with Crippen LogP contribution in [0.3, 0.4) is 0 Å². The highest BCUT2D eigenvalue weighted by Crippen LogP contribution is 2.24. The third-order valence-corrected chi connectivity index (χ3v) is 5.12. The molecular formula is C23H28FN3O4. The number of ether oxygens (including phenoxy) is 1. The predicted octanol–water partition coefficient (Wildman–Crippen LogP) is 2.78. The zero-order valence-electron chi connectivity index (χ0n) is 18.0. The van der Waals surface area contributed by atoms with Crippen molar-refractivity contribution in [3.8, 4) is 5.75 Å². The molecule has 0 aromatic heterocycles. The molecule has 2 N–H and O–H groups in total. The van der Waals surface area contributed by atoms with Gasteiger partial charge in [-0.1, -0.05) is 18.2 Å². The predicted molar refractivity (Wildman–Crippen MR) is 117 cm³/mol. The standard InChI is InChI=1S/C23H28FN3O4/c1-25-23(30)22(8-5-11-28)27(2)14-19-17(15-29)6-4-7-21(19)26-13-16-9-10-18(31-3)12-20(16)24/h4,6-7,9-12,15,22,26H,5,8,13-14H2,1-3H3,(H,25,30). The zero-order chi connectivity index (χ0) is 22.8. The molecule has 8 heteroatoms. The summed E-state index contributed by atoms with van der Waals surface area (Å²) < 4.78 is 19.3. The van der Waals surface area contributed by atoms with Gasteiger partial charge in [0.1, 0.15) is 24.1 Å². The van der Waals surface area contributed by atoms with Crippen LogP contribution >= 0.6 is 0 Å². The van der Waals surface area contributed by atoms with Crippen LogP contribution in [0, 0.1) is 5.82 Å². The number of nitrogens with one attached hydrogen (secondary N) is 2. The fourth-order valence-corrected chi connectivity index (χ4v) is 3.35. The average molecular weight is 429 g/mol. The first-order chi connectivity index (χ1) is 14.9. The molecule has 0 aliphatic heterocycles. The van der Waals surface area contributed by atoms with Crippen LogP contribution in [0.2, 0.25) is 0 Å². The van der Waals surface area contributed by atoms with Crippen LogP contribution in [0.4, 0.5) is 10.1 Å². The molecular weight excluding hydrogens is 401 g/mol. The number of likely N-dealkylation sites (N-methyl/N-ethyl adjacent to an activating group) is 2. The van der Waals surface area contributed by atoms with Gasteiger partial charge in [-0.3, -0.25) is 14.5 Å². The maximum absolute atomic E-state index is 14.3. The number of hydrogen-bond donors (Lipinski definition) is 2. The maximum atomic E-state index is 14.3. The van der Waals surface area contributed by atoms with Crippen molar-refractivity contribution in [1.29, 1.82) is 0 Å². The number of anilines is 1. The fraction of sp³-hybridized carbons (Fsp3) is 0.348. The summed E-state index contributed by atoms with van der Waals surface area (Å²) in [6.45, 7) is 0.498. The number of carbonyl (C=O) groups excluding carboxylic acids is 3. The molecule has 0 bridgehead atoms. The minimum Gasteiger partial charge on any atom is -0.497 e. The first-order valence-corrected chi connectivity index (χ1v) is 9.94. The van der Waals surface area contributed by atoms with Gasteiger partial charge in [-0.25, -0.2) is 4.39 Å². The van der Waals surface area contributed by atoms with E-state index in [9.17, 15) is 18.8 Å². The molecule has 1 atom stereocenters. The summed E-state index contributed by atoms with van der Waals surface area (Å²) in [6, 6.07) is 9.33. The molecule has 0 aliphatic rings. The lowest BCUT2D eigenvalue weighted by Crippen LogP contribution is -2.43. The molecule has 2 aromatic carbocycles. The Hall–Kier alpha value is -3.26. The summed E-state index contributed by atoms with van der Waals surface area (Å²) >= 11 is 0. The van der Waals surface area contributed by atoms with Gasteiger partial charge >= 0.3 is 0 Å². The first kappa shape index (κ1) is 24.0. The van der Waals surface area contributed by atoms with Crippen molar-refractivity contribution in [1.82, 2.24) is 10.2 Å². The highest BCUT2D eigenvalue weighted by Gasteiger charge is 2.23. The minimum atomic E-state index is -0.526. The highest BCUT2D eigenvalue weighted by atomic mass is 19.1. The smallest absolute Gasteiger partial charge is 0.237 e. The van der Waals surface area contributed by atoms with Gasteiger partial charge in [0.05, 0.1) is 13.2 Å². The van der Waals surface area contributed by atoms with Gasteiger partial charge in [-0.2, -0.15) is 0 Å². The van der Waals surface area contributed by atoms with Gasteiger partial charge in [-0.15, -0.1) is 0 Å². The van der Waals surface area contributed by atoms with Gasteiger partial charge in [0.15, 0.2) is 0 Å². The van der Waals surface area contributed by atoms with Crippen LogP contribution in [-0.2, 0) is 22.7 Å². The van der Waals surface area contributed by atoms with Crippen LogP contribution in [-0.4, -0.2) is 50.6 Å². The number of benzene rings is 2. The number of rotatable bonds is 12. The number of nitrogens with zero attached hydrogens (tertiary/aromatic N) is 1. The van der Waals surface area contributed by atoms with Crippen LogP contribution in [0.1, 0.15) is 34.3 Å². The minimum absolute atomic E-state index is 0.206. The van der Waals surface area contributed by atoms with E-state index in [-0.39, 0.29) is 18.9 Å². The molecule has 0 saturated carbocycles. The van der Waals surface area contributed by atoms with E-state index in [1.807, 2.05) is 0 Å². The van der Waals surface area contributed by atoms with E-state index in [1.165, 1.54) is 13.2 Å². The van der Waals surface area contributed by atoms with Crippen molar-refractivity contribution in [2.24, 2.45) is 0 Å². The quantitative estimate of drug-likeness (QED) is 0.505. The second-order valence-electron chi connectivity index (χ2n) is 7.09. The molecule has 2 aromatic rings. The molecule has 7 nitrogen and oxygen atoms in total. The van der Waals surface area contributed by atoms with Crippen molar-refractivity contribution >= 4 is 24.2 Å². The number of hydrogen-bond acceptors (Lipinski definition) is 6. The Morgan fingerprint density at radius 2 is 2.03 bits per heavy atom. The lowest BCUT2D eigenvalue weighted by Gasteiger charge is -2.28. The molecule has 0 fully saturated rings. The van der Waals surface area contributed by atoms with E-state index in [1.54, 1.807) is 49.3 Å². The number of aldehydes is 2. The van der Waals surface area contributed by atoms with Gasteiger partial charge in [0.25, 0.3) is 0 Å². The Kier molecular flexibility index (Phi) is 9.14. The van der Waals surface area contributed by atoms with E-state index in [0.717, 1.165) is 12.6 Å². The SMILES string of the molecule is CNC(=O)C(CCC=O)N(C)Cc1c(C=O)cccc1NCc1ccc(OC)cc1F. The third-order valence-electron chi connectivity index (χ3n) is 5.12. The van der Waals surface area contributed by atoms with Crippen molar-refractivity contribution in [3.63, 3.8) is 0 Å². The number of halogens is 1. The fourth-order valence-electron chi connectivity index (χ4n) is 3.35. The van der Waals surface area contributed by atoms with Gasteiger partial charge in [0, 0.05) is 49.4 Å². The Labute approximate surface area is 181 Å². The lowest BCUT2D eigenvalue weighted by atomic mass is 10.0. The van der Waals surface area contributed by atoms with Gasteiger partial charge in [0.2, 0.25) is 5.91 Å². The number of carbonyl (C=O) groups is 3. The zero-order valence-corrected chi connectivity index (χ0v) is 18.0.